The summed E-state index contributed by atoms with van der Waals surface area (Å²) in [5, 5.41) is 3.76. The van der Waals surface area contributed by atoms with Gasteiger partial charge in [0.25, 0.3) is 0 Å². The van der Waals surface area contributed by atoms with E-state index < -0.39 is 17.3 Å². The lowest BCUT2D eigenvalue weighted by Gasteiger charge is -2.19. The summed E-state index contributed by atoms with van der Waals surface area (Å²) in [7, 11) is 0. The van der Waals surface area contributed by atoms with Crippen molar-refractivity contribution in [2.45, 2.75) is 37.4 Å². The number of rotatable bonds is 7. The molecule has 28 heavy (non-hydrogen) atoms. The lowest BCUT2D eigenvalue weighted by Crippen LogP contribution is -2.35. The van der Waals surface area contributed by atoms with Gasteiger partial charge in [-0.25, -0.2) is 0 Å². The third kappa shape index (κ3) is 5.11. The molecule has 0 aromatic heterocycles. The van der Waals surface area contributed by atoms with Crippen LogP contribution in [-0.4, -0.2) is 12.5 Å². The van der Waals surface area contributed by atoms with E-state index in [2.05, 4.69) is 5.32 Å². The van der Waals surface area contributed by atoms with Gasteiger partial charge in [0.15, 0.2) is 0 Å². The smallest absolute Gasteiger partial charge is 0.416 e. The fourth-order valence-corrected chi connectivity index (χ4v) is 3.40. The van der Waals surface area contributed by atoms with E-state index in [0.717, 1.165) is 12.1 Å². The fourth-order valence-electron chi connectivity index (χ4n) is 2.94. The average Bonchev–Trinajstić information content (AvgIpc) is 3.40. The fraction of sp³-hybridized carbons (Fsp3) is 0.350. The van der Waals surface area contributed by atoms with E-state index >= 15 is 0 Å². The van der Waals surface area contributed by atoms with Crippen molar-refractivity contribution in [2.24, 2.45) is 0 Å². The number of hydrogen-bond donors (Lipinski definition) is 1. The van der Waals surface area contributed by atoms with Gasteiger partial charge in [0.2, 0.25) is 5.91 Å². The molecule has 8 heteroatoms. The van der Waals surface area contributed by atoms with E-state index in [-0.39, 0.29) is 18.9 Å². The van der Waals surface area contributed by atoms with E-state index in [1.165, 1.54) is 6.07 Å². The zero-order valence-electron chi connectivity index (χ0n) is 14.8. The Labute approximate surface area is 170 Å². The number of alkyl halides is 3. The maximum Gasteiger partial charge on any atom is 0.416 e. The van der Waals surface area contributed by atoms with Crippen LogP contribution < -0.4 is 10.1 Å². The standard InChI is InChI=1S/C20H18Cl2F3NO2/c21-15-6-7-17(16(22)12-15)28-10-2-5-18(27)26-19(8-9-19)13-3-1-4-14(11-13)20(23,24)25/h1,3-4,6-7,11-12H,2,5,8-10H2,(H,26,27). The van der Waals surface area contributed by atoms with Gasteiger partial charge in [0, 0.05) is 11.4 Å². The van der Waals surface area contributed by atoms with Gasteiger partial charge in [-0.05, 0) is 55.2 Å². The van der Waals surface area contributed by atoms with Crippen LogP contribution in [0.25, 0.3) is 0 Å². The normalized spacial score (nSPS) is 15.2. The highest BCUT2D eigenvalue weighted by atomic mass is 35.5. The van der Waals surface area contributed by atoms with Crippen LogP contribution in [0.4, 0.5) is 13.2 Å². The van der Waals surface area contributed by atoms with Crippen LogP contribution in [0.3, 0.4) is 0 Å². The second-order valence-electron chi connectivity index (χ2n) is 6.74. The van der Waals surface area contributed by atoms with E-state index in [1.807, 2.05) is 0 Å². The molecule has 2 aromatic rings. The van der Waals surface area contributed by atoms with Gasteiger partial charge in [-0.3, -0.25) is 4.79 Å². The molecule has 1 aliphatic rings. The molecule has 0 bridgehead atoms. The maximum absolute atomic E-state index is 12.9. The highest BCUT2D eigenvalue weighted by Crippen LogP contribution is 2.46. The predicted octanol–water partition coefficient (Wildman–Crippen LogP) is 5.98. The van der Waals surface area contributed by atoms with Crippen molar-refractivity contribution in [1.82, 2.24) is 5.32 Å². The zero-order chi connectivity index (χ0) is 20.4. The number of amides is 1. The quantitative estimate of drug-likeness (QED) is 0.547. The molecule has 0 atom stereocenters. The maximum atomic E-state index is 12.9. The number of nitrogens with one attached hydrogen (secondary N) is 1. The molecule has 3 rings (SSSR count). The average molecular weight is 432 g/mol. The van der Waals surface area contributed by atoms with Gasteiger partial charge in [-0.2, -0.15) is 13.2 Å². The molecular formula is C20H18Cl2F3NO2. The van der Waals surface area contributed by atoms with Crippen LogP contribution in [0.1, 0.15) is 36.8 Å². The minimum atomic E-state index is -4.41. The summed E-state index contributed by atoms with van der Waals surface area (Å²) in [5.41, 5.74) is -0.919. The van der Waals surface area contributed by atoms with Gasteiger partial charge in [0.1, 0.15) is 5.75 Å². The Balaban J connectivity index is 1.51. The Bertz CT molecular complexity index is 867. The van der Waals surface area contributed by atoms with Crippen LogP contribution >= 0.6 is 23.2 Å². The van der Waals surface area contributed by atoms with Crippen LogP contribution in [0, 0.1) is 0 Å². The monoisotopic (exact) mass is 431 g/mol. The largest absolute Gasteiger partial charge is 0.492 e. The van der Waals surface area contributed by atoms with Crippen molar-refractivity contribution in [2.75, 3.05) is 6.61 Å². The van der Waals surface area contributed by atoms with E-state index in [9.17, 15) is 18.0 Å². The topological polar surface area (TPSA) is 38.3 Å². The molecule has 0 saturated heterocycles. The first-order valence-electron chi connectivity index (χ1n) is 8.76. The zero-order valence-corrected chi connectivity index (χ0v) is 16.3. The van der Waals surface area contributed by atoms with E-state index in [4.69, 9.17) is 27.9 Å². The first-order chi connectivity index (χ1) is 13.2. The summed E-state index contributed by atoms with van der Waals surface area (Å²) in [4.78, 5) is 12.2. The summed E-state index contributed by atoms with van der Waals surface area (Å²) >= 11 is 11.8. The van der Waals surface area contributed by atoms with Crippen molar-refractivity contribution in [3.63, 3.8) is 0 Å². The van der Waals surface area contributed by atoms with Crippen molar-refractivity contribution in [1.29, 1.82) is 0 Å². The third-order valence-corrected chi connectivity index (χ3v) is 5.10. The summed E-state index contributed by atoms with van der Waals surface area (Å²) in [6.45, 7) is 0.283. The molecule has 1 saturated carbocycles. The Kier molecular flexibility index (Phi) is 6.10. The minimum Gasteiger partial charge on any atom is -0.492 e. The summed E-state index contributed by atoms with van der Waals surface area (Å²) in [5.74, 6) is 0.259. The molecule has 1 amide bonds. The van der Waals surface area contributed by atoms with Gasteiger partial charge in [-0.15, -0.1) is 0 Å². The Morgan fingerprint density at radius 2 is 1.89 bits per heavy atom. The number of halogens is 5. The summed E-state index contributed by atoms with van der Waals surface area (Å²) in [6.07, 6.45) is -2.51. The van der Waals surface area contributed by atoms with Gasteiger partial charge in [-0.1, -0.05) is 35.3 Å². The Hall–Kier alpha value is -1.92. The molecule has 1 aliphatic carbocycles. The summed E-state index contributed by atoms with van der Waals surface area (Å²) < 4.78 is 44.3. The van der Waals surface area contributed by atoms with Crippen LogP contribution in [0.5, 0.6) is 5.75 Å². The van der Waals surface area contributed by atoms with Crippen LogP contribution in [-0.2, 0) is 16.5 Å². The highest BCUT2D eigenvalue weighted by Gasteiger charge is 2.46. The first kappa shape index (κ1) is 20.8. The molecule has 3 nitrogen and oxygen atoms in total. The molecule has 150 valence electrons. The lowest BCUT2D eigenvalue weighted by molar-refractivity contribution is -0.137. The Morgan fingerprint density at radius 3 is 2.54 bits per heavy atom. The summed E-state index contributed by atoms with van der Waals surface area (Å²) in [6, 6.07) is 10.00. The molecule has 0 unspecified atom stereocenters. The number of hydrogen-bond acceptors (Lipinski definition) is 2. The molecule has 2 aromatic carbocycles. The molecule has 1 N–H and O–H groups in total. The van der Waals surface area contributed by atoms with E-state index in [1.54, 1.807) is 24.3 Å². The SMILES string of the molecule is O=C(CCCOc1ccc(Cl)cc1Cl)NC1(c2cccc(C(F)(F)F)c2)CC1. The third-order valence-electron chi connectivity index (χ3n) is 4.57. The second-order valence-corrected chi connectivity index (χ2v) is 7.58. The lowest BCUT2D eigenvalue weighted by atomic mass is 10.0. The van der Waals surface area contributed by atoms with Crippen molar-refractivity contribution in [3.05, 3.63) is 63.6 Å². The molecule has 0 spiro atoms. The molecular weight excluding hydrogens is 414 g/mol. The van der Waals surface area contributed by atoms with Crippen molar-refractivity contribution < 1.29 is 22.7 Å². The van der Waals surface area contributed by atoms with Crippen molar-refractivity contribution >= 4 is 29.1 Å². The van der Waals surface area contributed by atoms with Gasteiger partial charge < -0.3 is 10.1 Å². The number of ether oxygens (including phenoxy) is 1. The number of carbonyl (C=O) groups excluding carboxylic acids is 1. The van der Waals surface area contributed by atoms with Gasteiger partial charge >= 0.3 is 6.18 Å². The molecule has 0 radical (unpaired) electrons. The van der Waals surface area contributed by atoms with Crippen LogP contribution in [0.15, 0.2) is 42.5 Å². The van der Waals surface area contributed by atoms with Crippen LogP contribution in [0.2, 0.25) is 10.0 Å². The number of carbonyl (C=O) groups is 1. The van der Waals surface area contributed by atoms with Crippen molar-refractivity contribution in [3.8, 4) is 5.75 Å². The Morgan fingerprint density at radius 1 is 1.14 bits per heavy atom. The molecule has 1 fully saturated rings. The first-order valence-corrected chi connectivity index (χ1v) is 9.52. The van der Waals surface area contributed by atoms with Gasteiger partial charge in [0.05, 0.1) is 22.7 Å². The predicted molar refractivity (Wildman–Crippen MR) is 102 cm³/mol. The molecule has 0 aliphatic heterocycles. The minimum absolute atomic E-state index is 0.200. The second kappa shape index (κ2) is 8.21. The highest BCUT2D eigenvalue weighted by molar-refractivity contribution is 6.35. The number of benzene rings is 2. The van der Waals surface area contributed by atoms with E-state index in [0.29, 0.717) is 40.6 Å². The molecule has 0 heterocycles.